The number of benzene rings is 2. The van der Waals surface area contributed by atoms with Crippen molar-refractivity contribution in [3.63, 3.8) is 0 Å². The molecule has 0 spiro atoms. The van der Waals surface area contributed by atoms with Gasteiger partial charge >= 0.3 is 0 Å². The Balaban J connectivity index is 1.59. The van der Waals surface area contributed by atoms with E-state index in [1.807, 2.05) is 31.2 Å². The number of carbonyl (C=O) groups is 1. The molecular weight excluding hydrogens is 516 g/mol. The third-order valence-electron chi connectivity index (χ3n) is 5.10. The topological polar surface area (TPSA) is 140 Å². The predicted octanol–water partition coefficient (Wildman–Crippen LogP) is 3.96. The summed E-state index contributed by atoms with van der Waals surface area (Å²) in [6, 6.07) is 12.8. The molecule has 2 aromatic carbocycles. The van der Waals surface area contributed by atoms with Gasteiger partial charge in [0.1, 0.15) is 17.4 Å². The number of ether oxygens (including phenoxy) is 3. The number of hydrogen-bond donors (Lipinski definition) is 1. The molecule has 1 aromatic heterocycles. The first kappa shape index (κ1) is 27.6. The first-order valence-electron chi connectivity index (χ1n) is 11.1. The second-order valence-corrected chi connectivity index (χ2v) is 11.1. The molecule has 0 radical (unpaired) electrons. The van der Waals surface area contributed by atoms with E-state index < -0.39 is 15.7 Å². The number of nitriles is 1. The van der Waals surface area contributed by atoms with Gasteiger partial charge in [0.15, 0.2) is 11.5 Å². The molecule has 0 unspecified atom stereocenters. The van der Waals surface area contributed by atoms with Crippen LogP contribution < -0.4 is 19.5 Å². The maximum Gasteiger partial charge on any atom is 0.268 e. The van der Waals surface area contributed by atoms with E-state index in [-0.39, 0.29) is 15.0 Å². The Hall–Kier alpha value is -3.95. The number of aryl methyl sites for hydroxylation is 2. The molecule has 194 valence electrons. The van der Waals surface area contributed by atoms with Crippen LogP contribution in [0.4, 0.5) is 5.13 Å². The molecule has 1 heterocycles. The van der Waals surface area contributed by atoms with Crippen molar-refractivity contribution in [2.75, 3.05) is 31.9 Å². The number of nitrogens with one attached hydrogen (secondary N) is 1. The average Bonchev–Trinajstić information content (AvgIpc) is 3.34. The maximum atomic E-state index is 12.5. The van der Waals surface area contributed by atoms with Gasteiger partial charge in [-0.15, -0.1) is 10.2 Å². The lowest BCUT2D eigenvalue weighted by Crippen LogP contribution is -2.13. The fraction of sp³-hybridized carbons (Fsp3) is 0.280. The van der Waals surface area contributed by atoms with E-state index in [0.717, 1.165) is 12.0 Å². The third-order valence-corrected chi connectivity index (χ3v) is 7.61. The summed E-state index contributed by atoms with van der Waals surface area (Å²) < 4.78 is 39.8. The van der Waals surface area contributed by atoms with Crippen LogP contribution in [0.2, 0.25) is 0 Å². The fourth-order valence-corrected chi connectivity index (χ4v) is 4.52. The van der Waals surface area contributed by atoms with E-state index in [9.17, 15) is 18.5 Å². The van der Waals surface area contributed by atoms with E-state index >= 15 is 0 Å². The molecule has 3 rings (SSSR count). The summed E-state index contributed by atoms with van der Waals surface area (Å²) in [5.41, 5.74) is 2.70. The smallest absolute Gasteiger partial charge is 0.268 e. The molecule has 0 aliphatic heterocycles. The molecule has 1 amide bonds. The summed E-state index contributed by atoms with van der Waals surface area (Å²) in [4.78, 5) is 12.5. The molecule has 0 atom stereocenters. The summed E-state index contributed by atoms with van der Waals surface area (Å²) in [5, 5.41) is 19.0. The highest BCUT2D eigenvalue weighted by atomic mass is 32.2. The Labute approximate surface area is 219 Å². The Bertz CT molecular complexity index is 1460. The Morgan fingerprint density at radius 2 is 1.84 bits per heavy atom. The first-order chi connectivity index (χ1) is 17.6. The molecule has 3 aromatic rings. The minimum absolute atomic E-state index is 0.0330. The van der Waals surface area contributed by atoms with Gasteiger partial charge in [-0.05, 0) is 60.9 Å². The highest BCUT2D eigenvalue weighted by molar-refractivity contribution is 7.92. The number of hydrogen-bond acceptors (Lipinski definition) is 10. The van der Waals surface area contributed by atoms with Crippen LogP contribution in [0.1, 0.15) is 23.1 Å². The molecular formula is C25H26N4O6S2. The van der Waals surface area contributed by atoms with Gasteiger partial charge in [-0.2, -0.15) is 5.26 Å². The van der Waals surface area contributed by atoms with Crippen LogP contribution in [0.5, 0.6) is 17.2 Å². The number of sulfone groups is 1. The highest BCUT2D eigenvalue weighted by Gasteiger charge is 2.17. The quantitative estimate of drug-likeness (QED) is 0.165. The maximum absolute atomic E-state index is 12.5. The number of amides is 1. The van der Waals surface area contributed by atoms with Gasteiger partial charge in [0.05, 0.1) is 20.3 Å². The van der Waals surface area contributed by atoms with Crippen molar-refractivity contribution >= 4 is 38.3 Å². The summed E-state index contributed by atoms with van der Waals surface area (Å²) in [7, 11) is -2.06. The van der Waals surface area contributed by atoms with Gasteiger partial charge in [0.2, 0.25) is 19.3 Å². The second-order valence-electron chi connectivity index (χ2n) is 7.98. The van der Waals surface area contributed by atoms with E-state index in [2.05, 4.69) is 22.4 Å². The van der Waals surface area contributed by atoms with Crippen LogP contribution >= 0.6 is 11.3 Å². The van der Waals surface area contributed by atoms with Crippen LogP contribution in [-0.4, -0.2) is 51.1 Å². The van der Waals surface area contributed by atoms with Gasteiger partial charge in [0.25, 0.3) is 5.91 Å². The zero-order valence-electron chi connectivity index (χ0n) is 20.8. The van der Waals surface area contributed by atoms with Crippen LogP contribution in [0.3, 0.4) is 0 Å². The van der Waals surface area contributed by atoms with Gasteiger partial charge in [-0.1, -0.05) is 23.5 Å². The monoisotopic (exact) mass is 542 g/mol. The number of nitrogens with zero attached hydrogens (tertiary/aromatic N) is 3. The lowest BCUT2D eigenvalue weighted by molar-refractivity contribution is -0.112. The van der Waals surface area contributed by atoms with E-state index in [1.54, 1.807) is 18.2 Å². The molecule has 0 aliphatic carbocycles. The summed E-state index contributed by atoms with van der Waals surface area (Å²) >= 11 is 0.697. The second kappa shape index (κ2) is 12.3. The van der Waals surface area contributed by atoms with Crippen molar-refractivity contribution in [3.8, 4) is 23.3 Å². The Morgan fingerprint density at radius 1 is 1.08 bits per heavy atom. The summed E-state index contributed by atoms with van der Waals surface area (Å²) in [6.45, 7) is 4.99. The predicted molar refractivity (Wildman–Crippen MR) is 140 cm³/mol. The molecule has 0 bridgehead atoms. The minimum Gasteiger partial charge on any atom is -0.493 e. The molecule has 37 heavy (non-hydrogen) atoms. The van der Waals surface area contributed by atoms with Gasteiger partial charge in [-0.3, -0.25) is 10.1 Å². The lowest BCUT2D eigenvalue weighted by Gasteiger charge is -2.12. The van der Waals surface area contributed by atoms with Crippen LogP contribution in [0.25, 0.3) is 6.08 Å². The molecule has 0 saturated carbocycles. The number of rotatable bonds is 11. The number of methoxy groups -OCH3 is 1. The summed E-state index contributed by atoms with van der Waals surface area (Å²) in [5.74, 6) is 1.01. The largest absolute Gasteiger partial charge is 0.493 e. The number of carbonyl (C=O) groups excluding carboxylic acids is 1. The SMILES string of the molecule is COc1cc(/C=C(/C#N)C(=O)Nc2nnc(S(C)(=O)=O)s2)ccc1OCCCOc1ccc(C)c(C)c1. The minimum atomic E-state index is -3.55. The van der Waals surface area contributed by atoms with Crippen molar-refractivity contribution < 1.29 is 27.4 Å². The van der Waals surface area contributed by atoms with E-state index in [1.165, 1.54) is 24.3 Å². The first-order valence-corrected chi connectivity index (χ1v) is 13.8. The molecule has 12 heteroatoms. The van der Waals surface area contributed by atoms with Crippen molar-refractivity contribution in [1.29, 1.82) is 5.26 Å². The van der Waals surface area contributed by atoms with Gasteiger partial charge in [-0.25, -0.2) is 8.42 Å². The van der Waals surface area contributed by atoms with Crippen LogP contribution in [-0.2, 0) is 14.6 Å². The number of anilines is 1. The van der Waals surface area contributed by atoms with Crippen LogP contribution in [0.15, 0.2) is 46.3 Å². The Morgan fingerprint density at radius 3 is 2.49 bits per heavy atom. The molecule has 0 aliphatic rings. The van der Waals surface area contributed by atoms with Gasteiger partial charge < -0.3 is 14.2 Å². The zero-order chi connectivity index (χ0) is 27.0. The Kier molecular flexibility index (Phi) is 9.21. The molecule has 10 nitrogen and oxygen atoms in total. The number of aromatic nitrogens is 2. The lowest BCUT2D eigenvalue weighted by atomic mass is 10.1. The fourth-order valence-electron chi connectivity index (χ4n) is 3.02. The van der Waals surface area contributed by atoms with Crippen molar-refractivity contribution in [3.05, 3.63) is 58.7 Å². The van der Waals surface area contributed by atoms with Gasteiger partial charge in [0, 0.05) is 12.7 Å². The zero-order valence-corrected chi connectivity index (χ0v) is 22.4. The molecule has 1 N–H and O–H groups in total. The molecule has 0 saturated heterocycles. The van der Waals surface area contributed by atoms with E-state index in [4.69, 9.17) is 14.2 Å². The van der Waals surface area contributed by atoms with E-state index in [0.29, 0.717) is 48.0 Å². The van der Waals surface area contributed by atoms with Crippen LogP contribution in [0, 0.1) is 25.2 Å². The summed E-state index contributed by atoms with van der Waals surface area (Å²) in [6.07, 6.45) is 3.02. The third kappa shape index (κ3) is 7.77. The average molecular weight is 543 g/mol. The van der Waals surface area contributed by atoms with Crippen molar-refractivity contribution in [2.45, 2.75) is 24.6 Å². The highest BCUT2D eigenvalue weighted by Crippen LogP contribution is 2.29. The molecule has 0 fully saturated rings. The standard InChI is InChI=1S/C25H26N4O6S2/c1-16-6-8-20(12-17(16)2)34-10-5-11-35-21-9-7-18(14-22(21)33-3)13-19(15-26)23(30)27-24-28-29-25(36-24)37(4,31)32/h6-9,12-14H,5,10-11H2,1-4H3,(H,27,28,30)/b19-13-. The van der Waals surface area contributed by atoms with Crippen molar-refractivity contribution in [1.82, 2.24) is 10.2 Å². The normalized spacial score (nSPS) is 11.5. The van der Waals surface area contributed by atoms with Crippen molar-refractivity contribution in [2.24, 2.45) is 0 Å².